The third kappa shape index (κ3) is 4.24. The highest BCUT2D eigenvalue weighted by Gasteiger charge is 2.34. The van der Waals surface area contributed by atoms with Crippen molar-refractivity contribution in [3.05, 3.63) is 35.6 Å². The van der Waals surface area contributed by atoms with Gasteiger partial charge in [0.05, 0.1) is 6.04 Å². The van der Waals surface area contributed by atoms with Crippen molar-refractivity contribution in [3.63, 3.8) is 0 Å². The van der Waals surface area contributed by atoms with E-state index in [0.29, 0.717) is 11.9 Å². The predicted molar refractivity (Wildman–Crippen MR) is 92.1 cm³/mol. The summed E-state index contributed by atoms with van der Waals surface area (Å²) >= 11 is 0. The highest BCUT2D eigenvalue weighted by atomic mass is 35.5. The van der Waals surface area contributed by atoms with E-state index >= 15 is 0 Å². The number of likely N-dealkylation sites (tertiary alicyclic amines) is 1. The van der Waals surface area contributed by atoms with Gasteiger partial charge in [-0.05, 0) is 63.3 Å². The fourth-order valence-corrected chi connectivity index (χ4v) is 3.82. The molecule has 0 radical (unpaired) electrons. The van der Waals surface area contributed by atoms with Gasteiger partial charge in [-0.15, -0.1) is 12.4 Å². The maximum atomic E-state index is 13.2. The first-order valence-electron chi connectivity index (χ1n) is 8.44. The molecule has 2 aliphatic heterocycles. The second-order valence-electron chi connectivity index (χ2n) is 6.67. The maximum absolute atomic E-state index is 13.2. The lowest BCUT2D eigenvalue weighted by molar-refractivity contribution is -0.140. The molecule has 2 saturated heterocycles. The molecule has 0 aromatic heterocycles. The highest BCUT2D eigenvalue weighted by Crippen LogP contribution is 2.33. The Morgan fingerprint density at radius 2 is 1.96 bits per heavy atom. The van der Waals surface area contributed by atoms with Crippen LogP contribution in [-0.4, -0.2) is 29.9 Å². The number of benzene rings is 1. The molecular weight excluding hydrogens is 315 g/mol. The molecule has 23 heavy (non-hydrogen) atoms. The predicted octanol–water partition coefficient (Wildman–Crippen LogP) is 3.69. The van der Waals surface area contributed by atoms with Crippen molar-refractivity contribution >= 4 is 18.3 Å². The fraction of sp³-hybridized carbons (Fsp3) is 0.611. The van der Waals surface area contributed by atoms with Crippen LogP contribution < -0.4 is 5.32 Å². The number of halogens is 2. The van der Waals surface area contributed by atoms with E-state index in [0.717, 1.165) is 50.8 Å². The molecule has 2 heterocycles. The number of piperidine rings is 2. The van der Waals surface area contributed by atoms with Crippen molar-refractivity contribution in [3.8, 4) is 0 Å². The summed E-state index contributed by atoms with van der Waals surface area (Å²) < 4.78 is 13.2. The van der Waals surface area contributed by atoms with Gasteiger partial charge < -0.3 is 10.2 Å². The van der Waals surface area contributed by atoms with Gasteiger partial charge >= 0.3 is 0 Å². The Bertz CT molecular complexity index is 522. The number of amides is 1. The molecule has 0 bridgehead atoms. The van der Waals surface area contributed by atoms with Gasteiger partial charge in [0.15, 0.2) is 0 Å². The number of carbonyl (C=O) groups excluding carboxylic acids is 1. The molecule has 3 rings (SSSR count). The van der Waals surface area contributed by atoms with Gasteiger partial charge in [0.1, 0.15) is 5.82 Å². The quantitative estimate of drug-likeness (QED) is 0.890. The monoisotopic (exact) mass is 340 g/mol. The van der Waals surface area contributed by atoms with Crippen LogP contribution in [0.5, 0.6) is 0 Å². The van der Waals surface area contributed by atoms with Crippen LogP contribution in [0.4, 0.5) is 4.39 Å². The molecule has 1 aromatic carbocycles. The van der Waals surface area contributed by atoms with Crippen molar-refractivity contribution in [2.24, 2.45) is 5.92 Å². The summed E-state index contributed by atoms with van der Waals surface area (Å²) in [6, 6.07) is 7.19. The van der Waals surface area contributed by atoms with Crippen LogP contribution in [0.2, 0.25) is 0 Å². The van der Waals surface area contributed by atoms with Crippen molar-refractivity contribution in [2.75, 3.05) is 13.1 Å². The van der Waals surface area contributed by atoms with Gasteiger partial charge in [0.25, 0.3) is 0 Å². The van der Waals surface area contributed by atoms with Crippen LogP contribution in [-0.2, 0) is 4.79 Å². The molecule has 128 valence electrons. The van der Waals surface area contributed by atoms with Gasteiger partial charge in [-0.2, -0.15) is 0 Å². The molecule has 1 amide bonds. The number of hydrogen-bond donors (Lipinski definition) is 1. The molecule has 2 aliphatic rings. The van der Waals surface area contributed by atoms with E-state index in [9.17, 15) is 9.18 Å². The maximum Gasteiger partial charge on any atom is 0.226 e. The zero-order chi connectivity index (χ0) is 15.5. The van der Waals surface area contributed by atoms with E-state index in [-0.39, 0.29) is 30.2 Å². The average Bonchev–Trinajstić information content (AvgIpc) is 2.55. The first-order chi connectivity index (χ1) is 10.6. The third-order valence-corrected chi connectivity index (χ3v) is 5.01. The molecule has 0 saturated carbocycles. The summed E-state index contributed by atoms with van der Waals surface area (Å²) in [5, 5.41) is 3.41. The van der Waals surface area contributed by atoms with Crippen LogP contribution in [0.1, 0.15) is 50.6 Å². The second-order valence-corrected chi connectivity index (χ2v) is 6.67. The number of nitrogens with zero attached hydrogens (tertiary/aromatic N) is 1. The molecule has 5 heteroatoms. The lowest BCUT2D eigenvalue weighted by atomic mass is 9.88. The van der Waals surface area contributed by atoms with Gasteiger partial charge in [0, 0.05) is 18.5 Å². The molecule has 3 nitrogen and oxygen atoms in total. The number of carbonyl (C=O) groups is 1. The zero-order valence-corrected chi connectivity index (χ0v) is 14.4. The Balaban J connectivity index is 0.00000192. The molecular formula is C18H26ClFN2O. The van der Waals surface area contributed by atoms with Crippen LogP contribution >= 0.6 is 12.4 Å². The van der Waals surface area contributed by atoms with Gasteiger partial charge in [-0.1, -0.05) is 12.1 Å². The molecule has 1 N–H and O–H groups in total. The summed E-state index contributed by atoms with van der Waals surface area (Å²) in [6.45, 7) is 3.90. The van der Waals surface area contributed by atoms with Gasteiger partial charge in [0.2, 0.25) is 5.91 Å². The van der Waals surface area contributed by atoms with Crippen LogP contribution in [0.3, 0.4) is 0 Å². The van der Waals surface area contributed by atoms with Crippen LogP contribution in [0.15, 0.2) is 24.3 Å². The van der Waals surface area contributed by atoms with E-state index in [1.807, 2.05) is 12.1 Å². The normalized spacial score (nSPS) is 28.1. The summed E-state index contributed by atoms with van der Waals surface area (Å²) in [7, 11) is 0. The third-order valence-electron chi connectivity index (χ3n) is 5.01. The Morgan fingerprint density at radius 3 is 2.65 bits per heavy atom. The fourth-order valence-electron chi connectivity index (χ4n) is 3.82. The van der Waals surface area contributed by atoms with Crippen molar-refractivity contribution < 1.29 is 9.18 Å². The summed E-state index contributed by atoms with van der Waals surface area (Å²) in [5.41, 5.74) is 1.07. The molecule has 2 fully saturated rings. The zero-order valence-electron chi connectivity index (χ0n) is 13.6. The summed E-state index contributed by atoms with van der Waals surface area (Å²) in [5.74, 6) is 0.212. The van der Waals surface area contributed by atoms with E-state index < -0.39 is 0 Å². The van der Waals surface area contributed by atoms with Gasteiger partial charge in [-0.25, -0.2) is 4.39 Å². The number of nitrogens with one attached hydrogen (secondary N) is 1. The minimum atomic E-state index is -0.218. The van der Waals surface area contributed by atoms with E-state index in [2.05, 4.69) is 17.1 Å². The molecule has 3 atom stereocenters. The van der Waals surface area contributed by atoms with Crippen molar-refractivity contribution in [1.29, 1.82) is 0 Å². The topological polar surface area (TPSA) is 32.3 Å². The second kappa shape index (κ2) is 8.11. The van der Waals surface area contributed by atoms with Gasteiger partial charge in [-0.3, -0.25) is 4.79 Å². The highest BCUT2D eigenvalue weighted by molar-refractivity contribution is 5.85. The first-order valence-corrected chi connectivity index (χ1v) is 8.44. The lowest BCUT2D eigenvalue weighted by Gasteiger charge is -2.39. The summed E-state index contributed by atoms with van der Waals surface area (Å²) in [6.07, 6.45) is 5.04. The number of hydrogen-bond acceptors (Lipinski definition) is 2. The van der Waals surface area contributed by atoms with Crippen LogP contribution in [0.25, 0.3) is 0 Å². The minimum Gasteiger partial charge on any atom is -0.335 e. The Hall–Kier alpha value is -1.13. The molecule has 1 aromatic rings. The van der Waals surface area contributed by atoms with E-state index in [4.69, 9.17) is 0 Å². The number of rotatable bonds is 2. The van der Waals surface area contributed by atoms with Crippen molar-refractivity contribution in [2.45, 2.75) is 51.1 Å². The first kappa shape index (κ1) is 18.2. The lowest BCUT2D eigenvalue weighted by Crippen LogP contribution is -2.46. The average molecular weight is 341 g/mol. The summed E-state index contributed by atoms with van der Waals surface area (Å²) in [4.78, 5) is 15.0. The molecule has 1 unspecified atom stereocenters. The Labute approximate surface area is 144 Å². The SMILES string of the molecule is C[C@H]1C[C@@H](C(=O)N2CCCCC2c2ccc(F)cc2)CCN1.Cl. The largest absolute Gasteiger partial charge is 0.335 e. The Kier molecular flexibility index (Phi) is 6.42. The van der Waals surface area contributed by atoms with Crippen molar-refractivity contribution in [1.82, 2.24) is 10.2 Å². The van der Waals surface area contributed by atoms with E-state index in [1.165, 1.54) is 12.1 Å². The standard InChI is InChI=1S/C18H25FN2O.ClH/c1-13-12-15(9-10-20-13)18(22)21-11-3-2-4-17(21)14-5-7-16(19)8-6-14;/h5-8,13,15,17,20H,2-4,9-12H2,1H3;1H/t13-,15-,17?;/m0./s1. The molecule has 0 aliphatic carbocycles. The Morgan fingerprint density at radius 1 is 1.22 bits per heavy atom. The van der Waals surface area contributed by atoms with Crippen LogP contribution in [0, 0.1) is 11.7 Å². The minimum absolute atomic E-state index is 0. The molecule has 0 spiro atoms. The van der Waals surface area contributed by atoms with E-state index in [1.54, 1.807) is 0 Å². The smallest absolute Gasteiger partial charge is 0.226 e.